The van der Waals surface area contributed by atoms with Crippen LogP contribution in [0.5, 0.6) is 0 Å². The lowest BCUT2D eigenvalue weighted by Crippen LogP contribution is -2.23. The van der Waals surface area contributed by atoms with Crippen LogP contribution in [0.25, 0.3) is 10.8 Å². The molecule has 1 N–H and O–H groups in total. The number of hydrogen-bond donors (Lipinski definition) is 1. The first-order valence-electron chi connectivity index (χ1n) is 6.45. The SMILES string of the molecule is O=C(Cn1cncn1)N/N=C\c1cccc2ccccc12. The molecule has 0 saturated heterocycles. The largest absolute Gasteiger partial charge is 0.271 e. The van der Waals surface area contributed by atoms with Crippen molar-refractivity contribution in [3.05, 3.63) is 60.7 Å². The molecule has 1 aromatic heterocycles. The smallest absolute Gasteiger partial charge is 0.261 e. The van der Waals surface area contributed by atoms with Crippen LogP contribution in [0, 0.1) is 0 Å². The number of carbonyl (C=O) groups is 1. The molecule has 0 aliphatic rings. The van der Waals surface area contributed by atoms with E-state index in [1.165, 1.54) is 17.3 Å². The van der Waals surface area contributed by atoms with Crippen LogP contribution in [0.3, 0.4) is 0 Å². The Kier molecular flexibility index (Phi) is 3.68. The topological polar surface area (TPSA) is 72.2 Å². The second-order valence-corrected chi connectivity index (χ2v) is 4.45. The second-order valence-electron chi connectivity index (χ2n) is 4.45. The molecular formula is C15H13N5O. The number of nitrogens with zero attached hydrogens (tertiary/aromatic N) is 4. The monoisotopic (exact) mass is 279 g/mol. The van der Waals surface area contributed by atoms with E-state index in [0.29, 0.717) is 0 Å². The van der Waals surface area contributed by atoms with E-state index in [9.17, 15) is 4.79 Å². The van der Waals surface area contributed by atoms with Gasteiger partial charge in [-0.1, -0.05) is 42.5 Å². The van der Waals surface area contributed by atoms with E-state index in [1.807, 2.05) is 42.5 Å². The van der Waals surface area contributed by atoms with Gasteiger partial charge < -0.3 is 0 Å². The van der Waals surface area contributed by atoms with Crippen molar-refractivity contribution in [2.45, 2.75) is 6.54 Å². The molecule has 1 heterocycles. The molecule has 2 aromatic carbocycles. The number of hydrogen-bond acceptors (Lipinski definition) is 4. The number of hydrazone groups is 1. The third-order valence-electron chi connectivity index (χ3n) is 2.99. The summed E-state index contributed by atoms with van der Waals surface area (Å²) in [5.74, 6) is -0.253. The number of rotatable bonds is 4. The third kappa shape index (κ3) is 3.11. The van der Waals surface area contributed by atoms with Crippen LogP contribution in [-0.4, -0.2) is 26.9 Å². The van der Waals surface area contributed by atoms with Crippen LogP contribution in [0.1, 0.15) is 5.56 Å². The van der Waals surface area contributed by atoms with Gasteiger partial charge in [-0.2, -0.15) is 10.2 Å². The maximum atomic E-state index is 11.7. The van der Waals surface area contributed by atoms with Crippen LogP contribution in [0.2, 0.25) is 0 Å². The average Bonchev–Trinajstić information content (AvgIpc) is 3.00. The molecule has 3 rings (SSSR count). The van der Waals surface area contributed by atoms with Crippen LogP contribution < -0.4 is 5.43 Å². The first-order chi connectivity index (χ1) is 10.3. The van der Waals surface area contributed by atoms with Crippen molar-refractivity contribution in [1.82, 2.24) is 20.2 Å². The van der Waals surface area contributed by atoms with Crippen LogP contribution in [0.15, 0.2) is 60.2 Å². The van der Waals surface area contributed by atoms with E-state index < -0.39 is 0 Å². The maximum absolute atomic E-state index is 11.7. The van der Waals surface area contributed by atoms with Crippen LogP contribution >= 0.6 is 0 Å². The van der Waals surface area contributed by atoms with Gasteiger partial charge in [0.25, 0.3) is 5.91 Å². The van der Waals surface area contributed by atoms with Gasteiger partial charge in [-0.05, 0) is 10.8 Å². The van der Waals surface area contributed by atoms with E-state index in [4.69, 9.17) is 0 Å². The number of amides is 1. The molecular weight excluding hydrogens is 266 g/mol. The summed E-state index contributed by atoms with van der Waals surface area (Å²) in [4.78, 5) is 15.4. The van der Waals surface area contributed by atoms with Gasteiger partial charge in [0.2, 0.25) is 0 Å². The lowest BCUT2D eigenvalue weighted by atomic mass is 10.1. The second kappa shape index (κ2) is 5.96. The molecule has 0 atom stereocenters. The molecule has 21 heavy (non-hydrogen) atoms. The number of carbonyl (C=O) groups excluding carboxylic acids is 1. The Balaban J connectivity index is 1.69. The Labute approximate surface area is 121 Å². The van der Waals surface area contributed by atoms with Gasteiger partial charge in [-0.3, -0.25) is 4.79 Å². The molecule has 0 radical (unpaired) electrons. The summed E-state index contributed by atoms with van der Waals surface area (Å²) in [7, 11) is 0. The van der Waals surface area contributed by atoms with Gasteiger partial charge in [0, 0.05) is 5.56 Å². The molecule has 1 amide bonds. The Morgan fingerprint density at radius 1 is 1.24 bits per heavy atom. The highest BCUT2D eigenvalue weighted by atomic mass is 16.2. The predicted octanol–water partition coefficient (Wildman–Crippen LogP) is 1.58. The van der Waals surface area contributed by atoms with Gasteiger partial charge in [0.15, 0.2) is 0 Å². The highest BCUT2D eigenvalue weighted by Crippen LogP contribution is 2.16. The summed E-state index contributed by atoms with van der Waals surface area (Å²) in [5.41, 5.74) is 3.43. The standard InChI is InChI=1S/C15H13N5O/c21-15(9-20-11-16-10-18-20)19-17-8-13-6-3-5-12-4-1-2-7-14(12)13/h1-8,10-11H,9H2,(H,19,21)/b17-8-. The quantitative estimate of drug-likeness (QED) is 0.582. The lowest BCUT2D eigenvalue weighted by Gasteiger charge is -2.02. The molecule has 0 aliphatic carbocycles. The minimum Gasteiger partial charge on any atom is -0.271 e. The Hall–Kier alpha value is -3.02. The van der Waals surface area contributed by atoms with Crippen molar-refractivity contribution in [2.75, 3.05) is 0 Å². The lowest BCUT2D eigenvalue weighted by molar-refractivity contribution is -0.121. The molecule has 0 saturated carbocycles. The van der Waals surface area contributed by atoms with E-state index in [0.717, 1.165) is 16.3 Å². The van der Waals surface area contributed by atoms with Crippen molar-refractivity contribution in [3.63, 3.8) is 0 Å². The number of fused-ring (bicyclic) bond motifs is 1. The fourth-order valence-corrected chi connectivity index (χ4v) is 2.03. The average molecular weight is 279 g/mol. The molecule has 0 spiro atoms. The molecule has 0 unspecified atom stereocenters. The highest BCUT2D eigenvalue weighted by molar-refractivity contribution is 5.99. The van der Waals surface area contributed by atoms with E-state index in [1.54, 1.807) is 6.21 Å². The summed E-state index contributed by atoms with van der Waals surface area (Å²) in [5, 5.41) is 10.1. The van der Waals surface area contributed by atoms with Crippen molar-refractivity contribution in [1.29, 1.82) is 0 Å². The minimum absolute atomic E-state index is 0.0902. The molecule has 104 valence electrons. The molecule has 0 fully saturated rings. The van der Waals surface area contributed by atoms with Crippen molar-refractivity contribution >= 4 is 22.9 Å². The zero-order valence-electron chi connectivity index (χ0n) is 11.2. The fourth-order valence-electron chi connectivity index (χ4n) is 2.03. The third-order valence-corrected chi connectivity index (χ3v) is 2.99. The first kappa shape index (κ1) is 13.0. The fraction of sp³-hybridized carbons (Fsp3) is 0.0667. The van der Waals surface area contributed by atoms with Crippen molar-refractivity contribution < 1.29 is 4.79 Å². The predicted molar refractivity (Wildman–Crippen MR) is 79.7 cm³/mol. The van der Waals surface area contributed by atoms with Gasteiger partial charge in [-0.25, -0.2) is 15.1 Å². The van der Waals surface area contributed by atoms with Crippen molar-refractivity contribution in [2.24, 2.45) is 5.10 Å². The van der Waals surface area contributed by atoms with E-state index in [2.05, 4.69) is 20.6 Å². The van der Waals surface area contributed by atoms with Gasteiger partial charge >= 0.3 is 0 Å². The summed E-state index contributed by atoms with van der Waals surface area (Å²) in [6.07, 6.45) is 4.50. The van der Waals surface area contributed by atoms with Gasteiger partial charge in [0.05, 0.1) is 6.21 Å². The Morgan fingerprint density at radius 2 is 2.10 bits per heavy atom. The maximum Gasteiger partial charge on any atom is 0.261 e. The van der Waals surface area contributed by atoms with Crippen molar-refractivity contribution in [3.8, 4) is 0 Å². The first-order valence-corrected chi connectivity index (χ1v) is 6.45. The minimum atomic E-state index is -0.253. The Bertz CT molecular complexity index is 774. The summed E-state index contributed by atoms with van der Waals surface area (Å²) in [6, 6.07) is 14.0. The molecule has 3 aromatic rings. The highest BCUT2D eigenvalue weighted by Gasteiger charge is 2.01. The van der Waals surface area contributed by atoms with E-state index >= 15 is 0 Å². The molecule has 0 bridgehead atoms. The number of benzene rings is 2. The molecule has 0 aliphatic heterocycles. The Morgan fingerprint density at radius 3 is 2.95 bits per heavy atom. The number of aromatic nitrogens is 3. The number of nitrogens with one attached hydrogen (secondary N) is 1. The zero-order chi connectivity index (χ0) is 14.5. The van der Waals surface area contributed by atoms with E-state index in [-0.39, 0.29) is 12.5 Å². The summed E-state index contributed by atoms with van der Waals surface area (Å²) >= 11 is 0. The van der Waals surface area contributed by atoms with Crippen LogP contribution in [-0.2, 0) is 11.3 Å². The zero-order valence-corrected chi connectivity index (χ0v) is 11.2. The van der Waals surface area contributed by atoms with Gasteiger partial charge in [-0.15, -0.1) is 0 Å². The van der Waals surface area contributed by atoms with Crippen LogP contribution in [0.4, 0.5) is 0 Å². The summed E-state index contributed by atoms with van der Waals surface area (Å²) < 4.78 is 1.43. The summed E-state index contributed by atoms with van der Waals surface area (Å²) in [6.45, 7) is 0.0902. The normalized spacial score (nSPS) is 11.0. The molecule has 6 nitrogen and oxygen atoms in total. The molecule has 6 heteroatoms. The van der Waals surface area contributed by atoms with Gasteiger partial charge in [0.1, 0.15) is 19.2 Å².